The number of amides is 2. The summed E-state index contributed by atoms with van der Waals surface area (Å²) in [6.45, 7) is 0.248. The second kappa shape index (κ2) is 5.72. The van der Waals surface area contributed by atoms with Gasteiger partial charge in [0.25, 0.3) is 11.8 Å². The number of halogens is 1. The van der Waals surface area contributed by atoms with Crippen LogP contribution < -0.4 is 0 Å². The van der Waals surface area contributed by atoms with Crippen molar-refractivity contribution < 1.29 is 9.59 Å². The van der Waals surface area contributed by atoms with Gasteiger partial charge in [-0.25, -0.2) is 4.98 Å². The first-order valence-corrected chi connectivity index (χ1v) is 8.18. The maximum atomic E-state index is 12.9. The number of aromatic nitrogens is 2. The van der Waals surface area contributed by atoms with Gasteiger partial charge in [0.05, 0.1) is 16.6 Å². The minimum absolute atomic E-state index is 0.248. The topological polar surface area (TPSA) is 66.1 Å². The van der Waals surface area contributed by atoms with Gasteiger partial charge in [-0.2, -0.15) is 0 Å². The van der Waals surface area contributed by atoms with Crippen LogP contribution in [0.25, 0.3) is 16.6 Å². The van der Waals surface area contributed by atoms with Gasteiger partial charge in [-0.1, -0.05) is 30.3 Å². The van der Waals surface area contributed by atoms with Crippen LogP contribution in [0.1, 0.15) is 11.1 Å². The van der Waals surface area contributed by atoms with Crippen molar-refractivity contribution in [2.45, 2.75) is 6.54 Å². The van der Waals surface area contributed by atoms with E-state index < -0.39 is 0 Å². The first kappa shape index (κ1) is 14.8. The van der Waals surface area contributed by atoms with Crippen LogP contribution >= 0.6 is 15.9 Å². The highest BCUT2D eigenvalue weighted by Crippen LogP contribution is 2.36. The Morgan fingerprint density at radius 3 is 2.62 bits per heavy atom. The van der Waals surface area contributed by atoms with Gasteiger partial charge >= 0.3 is 0 Å². The molecule has 0 unspecified atom stereocenters. The Kier molecular flexibility index (Phi) is 3.54. The van der Waals surface area contributed by atoms with E-state index in [9.17, 15) is 9.59 Å². The van der Waals surface area contributed by atoms with Crippen LogP contribution in [0, 0.1) is 0 Å². The quantitative estimate of drug-likeness (QED) is 0.708. The highest BCUT2D eigenvalue weighted by molar-refractivity contribution is 9.12. The van der Waals surface area contributed by atoms with Crippen LogP contribution in [0.4, 0.5) is 0 Å². The van der Waals surface area contributed by atoms with E-state index in [1.165, 1.54) is 4.90 Å². The van der Waals surface area contributed by atoms with Gasteiger partial charge in [0.2, 0.25) is 0 Å². The summed E-state index contributed by atoms with van der Waals surface area (Å²) in [5.74, 6) is -0.627. The Balaban J connectivity index is 1.74. The second-order valence-electron chi connectivity index (χ2n) is 5.47. The molecule has 1 N–H and O–H groups in total. The summed E-state index contributed by atoms with van der Waals surface area (Å²) in [4.78, 5) is 33.9. The molecule has 3 aromatic rings. The van der Waals surface area contributed by atoms with Gasteiger partial charge in [0, 0.05) is 23.3 Å². The number of hydrogen-bond donors (Lipinski definition) is 1. The summed E-state index contributed by atoms with van der Waals surface area (Å²) in [6.07, 6.45) is 3.39. The molecular formula is C18H12BrN3O2. The van der Waals surface area contributed by atoms with E-state index in [0.717, 1.165) is 10.9 Å². The van der Waals surface area contributed by atoms with E-state index >= 15 is 0 Å². The van der Waals surface area contributed by atoms with Crippen molar-refractivity contribution in [3.05, 3.63) is 70.5 Å². The molecule has 0 bridgehead atoms. The number of pyridine rings is 1. The molecular weight excluding hydrogens is 370 g/mol. The number of carbonyl (C=O) groups excluding carboxylic acids is 2. The predicted octanol–water partition coefficient (Wildman–Crippen LogP) is 3.24. The van der Waals surface area contributed by atoms with Gasteiger partial charge in [0.15, 0.2) is 0 Å². The predicted molar refractivity (Wildman–Crippen MR) is 93.9 cm³/mol. The van der Waals surface area contributed by atoms with E-state index in [2.05, 4.69) is 25.9 Å². The second-order valence-corrected chi connectivity index (χ2v) is 6.27. The molecule has 0 aliphatic carbocycles. The van der Waals surface area contributed by atoms with Crippen molar-refractivity contribution in [1.82, 2.24) is 14.9 Å². The van der Waals surface area contributed by atoms with Crippen molar-refractivity contribution >= 4 is 44.4 Å². The number of imide groups is 1. The summed E-state index contributed by atoms with van der Waals surface area (Å²) < 4.78 is 0.285. The highest BCUT2D eigenvalue weighted by atomic mass is 79.9. The molecule has 1 aliphatic heterocycles. The lowest BCUT2D eigenvalue weighted by Gasteiger charge is -2.14. The molecule has 2 aromatic heterocycles. The fraction of sp³-hybridized carbons (Fsp3) is 0.0556. The number of nitrogens with zero attached hydrogens (tertiary/aromatic N) is 2. The number of carbonyl (C=O) groups is 2. The standard InChI is InChI=1S/C18H12BrN3O2/c19-15-14(13-9-21-16-12(13)7-4-8-20-16)17(23)22(18(15)24)10-11-5-2-1-3-6-11/h1-9H,10H2,(H,20,21). The lowest BCUT2D eigenvalue weighted by Crippen LogP contribution is -2.30. The monoisotopic (exact) mass is 381 g/mol. The van der Waals surface area contributed by atoms with E-state index in [1.54, 1.807) is 18.5 Å². The van der Waals surface area contributed by atoms with Crippen molar-refractivity contribution in [2.75, 3.05) is 0 Å². The summed E-state index contributed by atoms with van der Waals surface area (Å²) in [5.41, 5.74) is 2.64. The SMILES string of the molecule is O=C1C(Br)=C(c2c[nH]c3ncccc23)C(=O)N1Cc1ccccc1. The third-order valence-electron chi connectivity index (χ3n) is 4.02. The summed E-state index contributed by atoms with van der Waals surface area (Å²) >= 11 is 3.30. The number of aromatic amines is 1. The molecule has 1 aromatic carbocycles. The van der Waals surface area contributed by atoms with E-state index in [0.29, 0.717) is 16.8 Å². The van der Waals surface area contributed by atoms with E-state index in [4.69, 9.17) is 0 Å². The zero-order chi connectivity index (χ0) is 16.7. The Labute approximate surface area is 146 Å². The van der Waals surface area contributed by atoms with Crippen molar-refractivity contribution in [1.29, 1.82) is 0 Å². The first-order chi connectivity index (χ1) is 11.7. The summed E-state index contributed by atoms with van der Waals surface area (Å²) in [5, 5.41) is 0.812. The fourth-order valence-electron chi connectivity index (χ4n) is 2.85. The third-order valence-corrected chi connectivity index (χ3v) is 4.75. The number of rotatable bonds is 3. The molecule has 2 amide bonds. The Hall–Kier alpha value is -2.73. The van der Waals surface area contributed by atoms with Gasteiger partial charge in [-0.15, -0.1) is 0 Å². The van der Waals surface area contributed by atoms with Gasteiger partial charge in [0.1, 0.15) is 5.65 Å². The van der Waals surface area contributed by atoms with Crippen LogP contribution in [0.2, 0.25) is 0 Å². The number of fused-ring (bicyclic) bond motifs is 1. The van der Waals surface area contributed by atoms with Crippen LogP contribution in [0.5, 0.6) is 0 Å². The van der Waals surface area contributed by atoms with Gasteiger partial charge in [-0.3, -0.25) is 14.5 Å². The Bertz CT molecular complexity index is 992. The van der Waals surface area contributed by atoms with Gasteiger partial charge < -0.3 is 4.98 Å². The van der Waals surface area contributed by atoms with Crippen molar-refractivity contribution in [3.8, 4) is 0 Å². The highest BCUT2D eigenvalue weighted by Gasteiger charge is 2.38. The smallest absolute Gasteiger partial charge is 0.268 e. The maximum Gasteiger partial charge on any atom is 0.268 e. The molecule has 0 atom stereocenters. The van der Waals surface area contributed by atoms with Crippen LogP contribution in [0.3, 0.4) is 0 Å². The molecule has 4 rings (SSSR count). The molecule has 0 saturated heterocycles. The number of H-pyrrole nitrogens is 1. The minimum atomic E-state index is -0.322. The minimum Gasteiger partial charge on any atom is -0.346 e. The Morgan fingerprint density at radius 1 is 1.04 bits per heavy atom. The van der Waals surface area contributed by atoms with E-state index in [1.807, 2.05) is 36.4 Å². The molecule has 6 heteroatoms. The normalized spacial score (nSPS) is 15.0. The lowest BCUT2D eigenvalue weighted by atomic mass is 10.1. The van der Waals surface area contributed by atoms with Crippen LogP contribution in [0.15, 0.2) is 59.3 Å². The zero-order valence-corrected chi connectivity index (χ0v) is 14.1. The zero-order valence-electron chi connectivity index (χ0n) is 12.5. The third kappa shape index (κ3) is 2.27. The average molecular weight is 382 g/mol. The number of nitrogens with one attached hydrogen (secondary N) is 1. The van der Waals surface area contributed by atoms with Gasteiger partial charge in [-0.05, 0) is 33.6 Å². The fourth-order valence-corrected chi connectivity index (χ4v) is 3.45. The largest absolute Gasteiger partial charge is 0.346 e. The molecule has 24 heavy (non-hydrogen) atoms. The summed E-state index contributed by atoms with van der Waals surface area (Å²) in [6, 6.07) is 13.1. The molecule has 0 radical (unpaired) electrons. The van der Waals surface area contributed by atoms with Crippen molar-refractivity contribution in [3.63, 3.8) is 0 Å². The van der Waals surface area contributed by atoms with Crippen LogP contribution in [-0.4, -0.2) is 26.7 Å². The molecule has 0 saturated carbocycles. The summed E-state index contributed by atoms with van der Waals surface area (Å²) in [7, 11) is 0. The molecule has 3 heterocycles. The van der Waals surface area contributed by atoms with Crippen molar-refractivity contribution in [2.24, 2.45) is 0 Å². The number of benzene rings is 1. The van der Waals surface area contributed by atoms with E-state index in [-0.39, 0.29) is 22.8 Å². The molecule has 1 aliphatic rings. The molecule has 0 spiro atoms. The maximum absolute atomic E-state index is 12.9. The number of hydrogen-bond acceptors (Lipinski definition) is 3. The first-order valence-electron chi connectivity index (χ1n) is 7.39. The molecule has 5 nitrogen and oxygen atoms in total. The molecule has 0 fully saturated rings. The Morgan fingerprint density at radius 2 is 1.83 bits per heavy atom. The molecule has 118 valence electrons. The lowest BCUT2D eigenvalue weighted by molar-refractivity contribution is -0.137. The van der Waals surface area contributed by atoms with Crippen LogP contribution in [-0.2, 0) is 16.1 Å². The average Bonchev–Trinajstić information content (AvgIpc) is 3.11.